The maximum atomic E-state index is 11.2. The molecular weight excluding hydrogens is 266 g/mol. The first-order chi connectivity index (χ1) is 10.0. The molecule has 5 atom stereocenters. The van der Waals surface area contributed by atoms with Gasteiger partial charge in [0.1, 0.15) is 6.04 Å². The minimum atomic E-state index is -0.843. The zero-order valence-corrected chi connectivity index (χ0v) is 12.8. The topological polar surface area (TPSA) is 69.9 Å². The van der Waals surface area contributed by atoms with Gasteiger partial charge in [-0.15, -0.1) is 0 Å². The second-order valence-corrected chi connectivity index (χ2v) is 6.44. The fourth-order valence-corrected chi connectivity index (χ4v) is 3.45. The third-order valence-corrected chi connectivity index (χ3v) is 5.34. The molecular formula is C17H25NO3. The monoisotopic (exact) mass is 291 g/mol. The first-order valence-electron chi connectivity index (χ1n) is 7.74. The lowest BCUT2D eigenvalue weighted by molar-refractivity contribution is -0.212. The van der Waals surface area contributed by atoms with Crippen molar-refractivity contribution in [3.8, 4) is 0 Å². The van der Waals surface area contributed by atoms with E-state index < -0.39 is 23.7 Å². The van der Waals surface area contributed by atoms with Crippen molar-refractivity contribution < 1.29 is 10.2 Å². The van der Waals surface area contributed by atoms with E-state index in [1.54, 1.807) is 0 Å². The molecule has 1 fully saturated rings. The molecule has 0 heterocycles. The first-order valence-corrected chi connectivity index (χ1v) is 7.74. The van der Waals surface area contributed by atoms with Crippen molar-refractivity contribution in [3.63, 3.8) is 0 Å². The van der Waals surface area contributed by atoms with Crippen LogP contribution >= 0.6 is 0 Å². The van der Waals surface area contributed by atoms with Gasteiger partial charge in [0.2, 0.25) is 0 Å². The van der Waals surface area contributed by atoms with Crippen LogP contribution in [0.15, 0.2) is 35.5 Å². The van der Waals surface area contributed by atoms with Crippen LogP contribution in [0.2, 0.25) is 0 Å². The second kappa shape index (κ2) is 6.67. The van der Waals surface area contributed by atoms with Gasteiger partial charge in [0.25, 0.3) is 0 Å². The quantitative estimate of drug-likeness (QED) is 0.599. The minimum Gasteiger partial charge on any atom is -0.390 e. The van der Waals surface area contributed by atoms with Crippen LogP contribution in [0.1, 0.15) is 38.7 Å². The van der Waals surface area contributed by atoms with E-state index in [0.717, 1.165) is 19.3 Å². The molecule has 0 aromatic heterocycles. The Morgan fingerprint density at radius 2 is 1.90 bits per heavy atom. The number of aryl methyl sites for hydroxylation is 1. The number of aliphatic hydroxyl groups is 2. The number of benzene rings is 1. The molecule has 2 rings (SSSR count). The minimum absolute atomic E-state index is 0.0932. The van der Waals surface area contributed by atoms with Crippen LogP contribution < -0.4 is 0 Å². The summed E-state index contributed by atoms with van der Waals surface area (Å²) in [4.78, 5) is 11.2. The van der Waals surface area contributed by atoms with Crippen molar-refractivity contribution >= 4 is 0 Å². The largest absolute Gasteiger partial charge is 0.390 e. The molecule has 1 aliphatic carbocycles. The molecule has 0 spiro atoms. The van der Waals surface area contributed by atoms with Crippen LogP contribution in [0.25, 0.3) is 0 Å². The highest BCUT2D eigenvalue weighted by atomic mass is 16.3. The molecule has 5 unspecified atom stereocenters. The predicted molar refractivity (Wildman–Crippen MR) is 82.9 cm³/mol. The molecule has 0 bridgehead atoms. The van der Waals surface area contributed by atoms with E-state index in [2.05, 4.69) is 17.3 Å². The van der Waals surface area contributed by atoms with Crippen molar-refractivity contribution in [2.24, 2.45) is 16.5 Å². The lowest BCUT2D eigenvalue weighted by Gasteiger charge is -2.55. The van der Waals surface area contributed by atoms with E-state index in [0.29, 0.717) is 6.42 Å². The highest BCUT2D eigenvalue weighted by molar-refractivity contribution is 5.14. The van der Waals surface area contributed by atoms with E-state index in [4.69, 9.17) is 0 Å². The summed E-state index contributed by atoms with van der Waals surface area (Å²) < 4.78 is 0. The summed E-state index contributed by atoms with van der Waals surface area (Å²) in [6, 6.07) is 9.83. The summed E-state index contributed by atoms with van der Waals surface area (Å²) in [6.07, 6.45) is 1.98. The van der Waals surface area contributed by atoms with Gasteiger partial charge in [0.15, 0.2) is 0 Å². The van der Waals surface area contributed by atoms with E-state index in [1.807, 2.05) is 32.0 Å². The number of nitroso groups, excluding NO2 is 1. The van der Waals surface area contributed by atoms with Gasteiger partial charge in [-0.2, -0.15) is 4.91 Å². The number of hydrogen-bond acceptors (Lipinski definition) is 4. The molecule has 1 aliphatic rings. The smallest absolute Gasteiger partial charge is 0.100 e. The molecule has 4 heteroatoms. The molecule has 21 heavy (non-hydrogen) atoms. The Hall–Kier alpha value is -1.26. The molecule has 116 valence electrons. The Balaban J connectivity index is 1.82. The van der Waals surface area contributed by atoms with E-state index in [9.17, 15) is 15.1 Å². The Morgan fingerprint density at radius 3 is 2.48 bits per heavy atom. The highest BCUT2D eigenvalue weighted by Gasteiger charge is 2.60. The fourth-order valence-electron chi connectivity index (χ4n) is 3.45. The summed E-state index contributed by atoms with van der Waals surface area (Å²) in [5.74, 6) is -0.0932. The SMILES string of the molecule is CC1C(O)C(O)C1(C)C(CCCCc1ccccc1)N=O. The van der Waals surface area contributed by atoms with Crippen molar-refractivity contribution in [1.82, 2.24) is 0 Å². The van der Waals surface area contributed by atoms with Crippen LogP contribution in [0, 0.1) is 16.2 Å². The van der Waals surface area contributed by atoms with Gasteiger partial charge in [-0.05, 0) is 30.7 Å². The maximum absolute atomic E-state index is 11.2. The Labute approximate surface area is 126 Å². The maximum Gasteiger partial charge on any atom is 0.100 e. The van der Waals surface area contributed by atoms with Gasteiger partial charge in [0.05, 0.1) is 12.2 Å². The summed E-state index contributed by atoms with van der Waals surface area (Å²) in [7, 11) is 0. The predicted octanol–water partition coefficient (Wildman–Crippen LogP) is 2.91. The Morgan fingerprint density at radius 1 is 1.24 bits per heavy atom. The fraction of sp³-hybridized carbons (Fsp3) is 0.647. The number of aliphatic hydroxyl groups excluding tert-OH is 2. The number of rotatable bonds is 7. The van der Waals surface area contributed by atoms with E-state index in [-0.39, 0.29) is 5.92 Å². The molecule has 0 amide bonds. The molecule has 1 aromatic rings. The molecule has 0 aliphatic heterocycles. The third-order valence-electron chi connectivity index (χ3n) is 5.34. The molecule has 2 N–H and O–H groups in total. The van der Waals surface area contributed by atoms with Crippen molar-refractivity contribution in [2.45, 2.75) is 57.8 Å². The Bertz CT molecular complexity index is 452. The van der Waals surface area contributed by atoms with Crippen LogP contribution in [0.3, 0.4) is 0 Å². The summed E-state index contributed by atoms with van der Waals surface area (Å²) in [5.41, 5.74) is 0.709. The molecule has 0 radical (unpaired) electrons. The van der Waals surface area contributed by atoms with Crippen molar-refractivity contribution in [2.75, 3.05) is 0 Å². The lowest BCUT2D eigenvalue weighted by Crippen LogP contribution is -2.66. The zero-order chi connectivity index (χ0) is 15.5. The zero-order valence-electron chi connectivity index (χ0n) is 12.8. The first kappa shape index (κ1) is 16.1. The lowest BCUT2D eigenvalue weighted by atomic mass is 9.53. The van der Waals surface area contributed by atoms with Gasteiger partial charge in [-0.25, -0.2) is 0 Å². The average Bonchev–Trinajstić information content (AvgIpc) is 2.53. The summed E-state index contributed by atoms with van der Waals surface area (Å²) in [5, 5.41) is 22.9. The summed E-state index contributed by atoms with van der Waals surface area (Å²) in [6.45, 7) is 3.73. The standard InChI is InChI=1S/C17H25NO3/c1-12-15(19)16(20)17(12,2)14(18-21)11-7-6-10-13-8-4-3-5-9-13/h3-5,8-9,12,14-16,19-20H,6-7,10-11H2,1-2H3. The van der Waals surface area contributed by atoms with Crippen LogP contribution in [-0.2, 0) is 6.42 Å². The van der Waals surface area contributed by atoms with Crippen LogP contribution in [0.4, 0.5) is 0 Å². The molecule has 4 nitrogen and oxygen atoms in total. The molecule has 1 aromatic carbocycles. The Kier molecular flexibility index (Phi) is 5.12. The van der Waals surface area contributed by atoms with E-state index in [1.165, 1.54) is 5.56 Å². The van der Waals surface area contributed by atoms with E-state index >= 15 is 0 Å². The van der Waals surface area contributed by atoms with Gasteiger partial charge in [-0.3, -0.25) is 0 Å². The van der Waals surface area contributed by atoms with Gasteiger partial charge in [-0.1, -0.05) is 55.8 Å². The average molecular weight is 291 g/mol. The number of nitrogens with zero attached hydrogens (tertiary/aromatic N) is 1. The summed E-state index contributed by atoms with van der Waals surface area (Å²) >= 11 is 0. The molecule has 0 saturated heterocycles. The van der Waals surface area contributed by atoms with Crippen LogP contribution in [0.5, 0.6) is 0 Å². The molecule has 1 saturated carbocycles. The van der Waals surface area contributed by atoms with Gasteiger partial charge in [0, 0.05) is 5.41 Å². The third kappa shape index (κ3) is 3.01. The second-order valence-electron chi connectivity index (χ2n) is 6.44. The van der Waals surface area contributed by atoms with Crippen molar-refractivity contribution in [1.29, 1.82) is 0 Å². The van der Waals surface area contributed by atoms with Gasteiger partial charge >= 0.3 is 0 Å². The van der Waals surface area contributed by atoms with Crippen LogP contribution in [-0.4, -0.2) is 28.5 Å². The number of unbranched alkanes of at least 4 members (excludes halogenated alkanes) is 1. The highest BCUT2D eigenvalue weighted by Crippen LogP contribution is 2.51. The van der Waals surface area contributed by atoms with Crippen molar-refractivity contribution in [3.05, 3.63) is 40.8 Å². The number of hydrogen-bond donors (Lipinski definition) is 2. The van der Waals surface area contributed by atoms with Gasteiger partial charge < -0.3 is 10.2 Å². The normalized spacial score (nSPS) is 33.2.